The molecule has 0 amide bonds. The van der Waals surface area contributed by atoms with Gasteiger partial charge in [0.15, 0.2) is 0 Å². The first kappa shape index (κ1) is 27.4. The van der Waals surface area contributed by atoms with Gasteiger partial charge < -0.3 is 21.4 Å². The maximum Gasteiger partial charge on any atom is 0.123 e. The maximum absolute atomic E-state index is 13.7. The Morgan fingerprint density at radius 3 is 2.58 bits per heavy atom. The number of halogens is 1. The topological polar surface area (TPSA) is 133 Å². The highest BCUT2D eigenvalue weighted by Crippen LogP contribution is 2.35. The normalized spacial score (nSPS) is 15.6. The van der Waals surface area contributed by atoms with E-state index in [9.17, 15) is 13.9 Å². The lowest BCUT2D eigenvalue weighted by Crippen LogP contribution is -2.30. The van der Waals surface area contributed by atoms with Crippen LogP contribution < -0.4 is 22.2 Å². The van der Waals surface area contributed by atoms with E-state index in [-0.39, 0.29) is 17.3 Å². The van der Waals surface area contributed by atoms with Gasteiger partial charge in [-0.15, -0.1) is 0 Å². The van der Waals surface area contributed by atoms with Gasteiger partial charge in [-0.2, -0.15) is 5.26 Å². The molecule has 1 heterocycles. The van der Waals surface area contributed by atoms with Gasteiger partial charge in [-0.1, -0.05) is 32.9 Å². The SMILES string of the molecule is CS(=O)c1cc(NC(/C(N)=C/N(N)C2CC2)c2ccc(F)cc2)cc2c(NCC(C)(C)C)c(C#N)cnc12. The van der Waals surface area contributed by atoms with E-state index in [0.717, 1.165) is 18.4 Å². The third kappa shape index (κ3) is 6.41. The van der Waals surface area contributed by atoms with Crippen LogP contribution >= 0.6 is 0 Å². The molecule has 0 radical (unpaired) electrons. The van der Waals surface area contributed by atoms with E-state index in [0.29, 0.717) is 45.0 Å². The van der Waals surface area contributed by atoms with Crippen LogP contribution in [0.1, 0.15) is 50.8 Å². The minimum Gasteiger partial charge on any atom is -0.399 e. The number of hydrazine groups is 1. The number of nitrogens with one attached hydrogen (secondary N) is 2. The number of nitrogens with two attached hydrogens (primary N) is 2. The number of hydrogen-bond donors (Lipinski definition) is 4. The predicted molar refractivity (Wildman–Crippen MR) is 151 cm³/mol. The first-order chi connectivity index (χ1) is 18.0. The highest BCUT2D eigenvalue weighted by Gasteiger charge is 2.27. The van der Waals surface area contributed by atoms with Crippen LogP contribution in [-0.4, -0.2) is 33.0 Å². The molecular weight excluding hydrogens is 501 g/mol. The standard InChI is InChI=1S/C28H34FN7OS/c1-28(2,3)16-34-25-18(13-30)14-33-27-22(25)11-20(12-24(27)38(4)37)35-26(17-5-7-19(29)8-6-17)23(31)15-36(32)21-9-10-21/h5-8,11-12,14-15,21,26,35H,9-10,16,31-32H2,1-4H3,(H,33,34)/b23-15-. The van der Waals surface area contributed by atoms with E-state index in [1.807, 2.05) is 6.07 Å². The molecule has 2 atom stereocenters. The van der Waals surface area contributed by atoms with Crippen molar-refractivity contribution in [3.05, 3.63) is 71.4 Å². The van der Waals surface area contributed by atoms with Crippen LogP contribution in [0.15, 0.2) is 59.4 Å². The second-order valence-corrected chi connectivity index (χ2v) is 12.2. The van der Waals surface area contributed by atoms with Crippen molar-refractivity contribution in [1.29, 1.82) is 5.26 Å². The molecule has 1 fully saturated rings. The number of hydrogen-bond acceptors (Lipinski definition) is 8. The van der Waals surface area contributed by atoms with Crippen LogP contribution in [0, 0.1) is 22.6 Å². The Balaban J connectivity index is 1.84. The summed E-state index contributed by atoms with van der Waals surface area (Å²) >= 11 is 0. The molecule has 4 rings (SSSR count). The van der Waals surface area contributed by atoms with Crippen LogP contribution in [0.3, 0.4) is 0 Å². The van der Waals surface area contributed by atoms with E-state index < -0.39 is 16.8 Å². The lowest BCUT2D eigenvalue weighted by molar-refractivity contribution is 0.378. The number of nitrogens with zero attached hydrogens (tertiary/aromatic N) is 3. The molecule has 200 valence electrons. The molecular formula is C28H34FN7OS. The van der Waals surface area contributed by atoms with Gasteiger partial charge in [-0.05, 0) is 48.1 Å². The van der Waals surface area contributed by atoms with Crippen molar-refractivity contribution >= 4 is 33.1 Å². The molecule has 8 nitrogen and oxygen atoms in total. The lowest BCUT2D eigenvalue weighted by atomic mass is 9.96. The van der Waals surface area contributed by atoms with Crippen LogP contribution in [0.25, 0.3) is 10.9 Å². The summed E-state index contributed by atoms with van der Waals surface area (Å²) in [5.41, 5.74) is 9.87. The van der Waals surface area contributed by atoms with Gasteiger partial charge in [0, 0.05) is 42.3 Å². The summed E-state index contributed by atoms with van der Waals surface area (Å²) in [7, 11) is -1.37. The molecule has 10 heteroatoms. The number of benzene rings is 2. The summed E-state index contributed by atoms with van der Waals surface area (Å²) in [5, 5.41) is 18.9. The molecule has 0 spiro atoms. The zero-order valence-electron chi connectivity index (χ0n) is 22.1. The third-order valence-electron chi connectivity index (χ3n) is 6.28. The fraction of sp³-hybridized carbons (Fsp3) is 0.357. The molecule has 3 aromatic rings. The van der Waals surface area contributed by atoms with Crippen molar-refractivity contribution in [3.63, 3.8) is 0 Å². The largest absolute Gasteiger partial charge is 0.399 e. The molecule has 0 bridgehead atoms. The number of aromatic nitrogens is 1. The Bertz CT molecular complexity index is 1420. The average Bonchev–Trinajstić information content (AvgIpc) is 3.71. The number of pyridine rings is 1. The highest BCUT2D eigenvalue weighted by atomic mass is 32.2. The maximum atomic E-state index is 13.7. The fourth-order valence-electron chi connectivity index (χ4n) is 4.11. The minimum absolute atomic E-state index is 0.0445. The Morgan fingerprint density at radius 2 is 2.00 bits per heavy atom. The van der Waals surface area contributed by atoms with Gasteiger partial charge in [0.05, 0.1) is 44.2 Å². The van der Waals surface area contributed by atoms with E-state index >= 15 is 0 Å². The molecule has 1 aliphatic carbocycles. The minimum atomic E-state index is -1.37. The number of anilines is 2. The van der Waals surface area contributed by atoms with Crippen LogP contribution in [0.5, 0.6) is 0 Å². The van der Waals surface area contributed by atoms with Gasteiger partial charge in [-0.25, -0.2) is 10.2 Å². The molecule has 38 heavy (non-hydrogen) atoms. The van der Waals surface area contributed by atoms with Crippen molar-refractivity contribution in [3.8, 4) is 6.07 Å². The summed E-state index contributed by atoms with van der Waals surface area (Å²) in [4.78, 5) is 5.00. The number of rotatable bonds is 9. The van der Waals surface area contributed by atoms with E-state index in [2.05, 4.69) is 42.5 Å². The smallest absolute Gasteiger partial charge is 0.123 e. The van der Waals surface area contributed by atoms with Crippen molar-refractivity contribution in [2.45, 2.75) is 50.6 Å². The number of fused-ring (bicyclic) bond motifs is 1. The van der Waals surface area contributed by atoms with Gasteiger partial charge in [-0.3, -0.25) is 9.19 Å². The fourth-order valence-corrected chi connectivity index (χ4v) is 4.84. The third-order valence-corrected chi connectivity index (χ3v) is 7.21. The Morgan fingerprint density at radius 1 is 1.32 bits per heavy atom. The van der Waals surface area contributed by atoms with Crippen LogP contribution in [-0.2, 0) is 10.8 Å². The Hall–Kier alpha value is -3.68. The monoisotopic (exact) mass is 535 g/mol. The first-order valence-corrected chi connectivity index (χ1v) is 14.0. The first-order valence-electron chi connectivity index (χ1n) is 12.4. The summed E-state index contributed by atoms with van der Waals surface area (Å²) in [6.45, 7) is 6.91. The summed E-state index contributed by atoms with van der Waals surface area (Å²) in [6, 6.07) is 11.6. The van der Waals surface area contributed by atoms with Gasteiger partial charge in [0.1, 0.15) is 11.9 Å². The Kier molecular flexibility index (Phi) is 7.90. The van der Waals surface area contributed by atoms with Crippen LogP contribution in [0.4, 0.5) is 15.8 Å². The quantitative estimate of drug-likeness (QED) is 0.228. The zero-order valence-corrected chi connectivity index (χ0v) is 22.9. The highest BCUT2D eigenvalue weighted by molar-refractivity contribution is 7.84. The summed E-state index contributed by atoms with van der Waals surface area (Å²) in [6.07, 6.45) is 6.80. The van der Waals surface area contributed by atoms with Crippen molar-refractivity contribution < 1.29 is 8.60 Å². The second kappa shape index (κ2) is 11.0. The van der Waals surface area contributed by atoms with Gasteiger partial charge in [0.25, 0.3) is 0 Å². The van der Waals surface area contributed by atoms with Crippen molar-refractivity contribution in [2.75, 3.05) is 23.4 Å². The molecule has 0 aliphatic heterocycles. The average molecular weight is 536 g/mol. The van der Waals surface area contributed by atoms with Gasteiger partial charge in [0.2, 0.25) is 0 Å². The predicted octanol–water partition coefficient (Wildman–Crippen LogP) is 4.73. The van der Waals surface area contributed by atoms with Gasteiger partial charge >= 0.3 is 0 Å². The molecule has 6 N–H and O–H groups in total. The van der Waals surface area contributed by atoms with E-state index in [1.54, 1.807) is 35.7 Å². The van der Waals surface area contributed by atoms with Crippen LogP contribution in [0.2, 0.25) is 0 Å². The van der Waals surface area contributed by atoms with E-state index in [4.69, 9.17) is 11.6 Å². The summed E-state index contributed by atoms with van der Waals surface area (Å²) < 4.78 is 26.5. The molecule has 2 unspecified atom stereocenters. The molecule has 1 saturated carbocycles. The molecule has 1 aliphatic rings. The lowest BCUT2D eigenvalue weighted by Gasteiger charge is -2.25. The van der Waals surface area contributed by atoms with E-state index in [1.165, 1.54) is 18.3 Å². The Labute approximate surface area is 225 Å². The molecule has 2 aromatic carbocycles. The zero-order chi connectivity index (χ0) is 27.6. The molecule has 1 aromatic heterocycles. The van der Waals surface area contributed by atoms with Crippen molar-refractivity contribution in [2.24, 2.45) is 17.0 Å². The van der Waals surface area contributed by atoms with Crippen molar-refractivity contribution in [1.82, 2.24) is 9.99 Å². The molecule has 0 saturated heterocycles. The number of nitriles is 1. The second-order valence-electron chi connectivity index (χ2n) is 10.8. The summed E-state index contributed by atoms with van der Waals surface area (Å²) in [5.74, 6) is 5.82.